The smallest absolute Gasteiger partial charge is 0.410 e. The first kappa shape index (κ1) is 21.2. The van der Waals surface area contributed by atoms with Gasteiger partial charge in [0.1, 0.15) is 18.0 Å². The van der Waals surface area contributed by atoms with E-state index in [0.717, 1.165) is 30.4 Å². The number of aliphatic hydroxyl groups is 1. The molecule has 1 heterocycles. The number of piperidine rings is 1. The highest BCUT2D eigenvalue weighted by Crippen LogP contribution is 2.31. The zero-order valence-corrected chi connectivity index (χ0v) is 17.5. The second-order valence-corrected chi connectivity index (χ2v) is 8.53. The van der Waals surface area contributed by atoms with Crippen LogP contribution in [0.5, 0.6) is 5.75 Å². The third-order valence-electron chi connectivity index (χ3n) is 4.99. The Morgan fingerprint density at radius 1 is 1.14 bits per heavy atom. The van der Waals surface area contributed by atoms with Crippen molar-refractivity contribution in [2.45, 2.75) is 64.4 Å². The molecule has 5 heteroatoms. The fourth-order valence-electron chi connectivity index (χ4n) is 3.58. The van der Waals surface area contributed by atoms with Gasteiger partial charge in [-0.05, 0) is 63.3 Å². The van der Waals surface area contributed by atoms with Crippen LogP contribution in [0.3, 0.4) is 0 Å². The lowest BCUT2D eigenvalue weighted by molar-refractivity contribution is -0.0169. The standard InChI is InChI=1S/C24H31NO4/c1-24(2,3)29-23(27)25-15-8-7-14-21(25)22(26)19-12-9-13-20(16-19)28-17-18-10-5-4-6-11-18/h4-6,9-13,16,21-22,26H,7-8,14-15,17H2,1-3H3/t21-,22-/m0/s1. The van der Waals surface area contributed by atoms with Crippen molar-refractivity contribution in [3.05, 3.63) is 65.7 Å². The number of ether oxygens (including phenoxy) is 2. The van der Waals surface area contributed by atoms with Crippen LogP contribution in [0, 0.1) is 0 Å². The summed E-state index contributed by atoms with van der Waals surface area (Å²) in [5.41, 5.74) is 1.27. The Kier molecular flexibility index (Phi) is 6.80. The Bertz CT molecular complexity index is 800. The predicted octanol–water partition coefficient (Wildman–Crippen LogP) is 5.09. The lowest BCUT2D eigenvalue weighted by Crippen LogP contribution is -2.48. The highest BCUT2D eigenvalue weighted by Gasteiger charge is 2.35. The quantitative estimate of drug-likeness (QED) is 0.764. The van der Waals surface area contributed by atoms with E-state index >= 15 is 0 Å². The molecule has 0 aliphatic carbocycles. The molecule has 1 aliphatic heterocycles. The Morgan fingerprint density at radius 2 is 1.90 bits per heavy atom. The van der Waals surface area contributed by atoms with Crippen LogP contribution in [0.25, 0.3) is 0 Å². The minimum absolute atomic E-state index is 0.303. The largest absolute Gasteiger partial charge is 0.489 e. The molecule has 1 amide bonds. The van der Waals surface area contributed by atoms with E-state index in [1.165, 1.54) is 0 Å². The summed E-state index contributed by atoms with van der Waals surface area (Å²) in [7, 11) is 0. The van der Waals surface area contributed by atoms with Crippen LogP contribution in [0.2, 0.25) is 0 Å². The number of aliphatic hydroxyl groups excluding tert-OH is 1. The van der Waals surface area contributed by atoms with Gasteiger partial charge in [0.05, 0.1) is 12.1 Å². The molecule has 156 valence electrons. The summed E-state index contributed by atoms with van der Waals surface area (Å²) in [5, 5.41) is 11.1. The van der Waals surface area contributed by atoms with Crippen LogP contribution in [0.15, 0.2) is 54.6 Å². The molecule has 29 heavy (non-hydrogen) atoms. The summed E-state index contributed by atoms with van der Waals surface area (Å²) in [6, 6.07) is 17.1. The van der Waals surface area contributed by atoms with E-state index < -0.39 is 11.7 Å². The number of amides is 1. The van der Waals surface area contributed by atoms with Gasteiger partial charge in [-0.15, -0.1) is 0 Å². The molecule has 0 spiro atoms. The topological polar surface area (TPSA) is 59.0 Å². The predicted molar refractivity (Wildman–Crippen MR) is 113 cm³/mol. The number of carbonyl (C=O) groups is 1. The molecule has 2 atom stereocenters. The van der Waals surface area contributed by atoms with Crippen LogP contribution >= 0.6 is 0 Å². The zero-order chi connectivity index (χ0) is 20.9. The maximum absolute atomic E-state index is 12.7. The van der Waals surface area contributed by atoms with Gasteiger partial charge in [0.2, 0.25) is 0 Å². The van der Waals surface area contributed by atoms with E-state index in [-0.39, 0.29) is 12.1 Å². The number of hydrogen-bond acceptors (Lipinski definition) is 4. The Morgan fingerprint density at radius 3 is 2.62 bits per heavy atom. The lowest BCUT2D eigenvalue weighted by Gasteiger charge is -2.39. The number of carbonyl (C=O) groups excluding carboxylic acids is 1. The Balaban J connectivity index is 1.70. The minimum atomic E-state index is -0.789. The molecule has 0 bridgehead atoms. The SMILES string of the molecule is CC(C)(C)OC(=O)N1CCCC[C@H]1[C@@H](O)c1cccc(OCc2ccccc2)c1. The van der Waals surface area contributed by atoms with Crippen molar-refractivity contribution >= 4 is 6.09 Å². The Hall–Kier alpha value is -2.53. The van der Waals surface area contributed by atoms with Gasteiger partial charge >= 0.3 is 6.09 Å². The zero-order valence-electron chi connectivity index (χ0n) is 17.5. The molecule has 2 aromatic carbocycles. The van der Waals surface area contributed by atoms with Crippen molar-refractivity contribution in [2.75, 3.05) is 6.54 Å². The average Bonchev–Trinajstić information content (AvgIpc) is 2.71. The maximum Gasteiger partial charge on any atom is 0.410 e. The number of benzene rings is 2. The van der Waals surface area contributed by atoms with Gasteiger partial charge in [0, 0.05) is 6.54 Å². The molecule has 1 saturated heterocycles. The van der Waals surface area contributed by atoms with E-state index in [1.807, 2.05) is 75.4 Å². The van der Waals surface area contributed by atoms with Crippen LogP contribution in [-0.4, -0.2) is 34.3 Å². The molecule has 0 aromatic heterocycles. The summed E-state index contributed by atoms with van der Waals surface area (Å²) in [6.45, 7) is 6.63. The molecule has 1 N–H and O–H groups in total. The van der Waals surface area contributed by atoms with Gasteiger partial charge in [-0.3, -0.25) is 0 Å². The van der Waals surface area contributed by atoms with Crippen molar-refractivity contribution in [3.63, 3.8) is 0 Å². The molecule has 1 aliphatic rings. The molecular weight excluding hydrogens is 366 g/mol. The van der Waals surface area contributed by atoms with Crippen molar-refractivity contribution in [1.29, 1.82) is 0 Å². The average molecular weight is 398 g/mol. The highest BCUT2D eigenvalue weighted by molar-refractivity contribution is 5.68. The van der Waals surface area contributed by atoms with Gasteiger partial charge in [-0.1, -0.05) is 42.5 Å². The summed E-state index contributed by atoms with van der Waals surface area (Å²) >= 11 is 0. The first-order valence-electron chi connectivity index (χ1n) is 10.3. The highest BCUT2D eigenvalue weighted by atomic mass is 16.6. The van der Waals surface area contributed by atoms with Crippen LogP contribution in [-0.2, 0) is 11.3 Å². The van der Waals surface area contributed by atoms with E-state index in [4.69, 9.17) is 9.47 Å². The fraction of sp³-hybridized carbons (Fsp3) is 0.458. The number of hydrogen-bond donors (Lipinski definition) is 1. The van der Waals surface area contributed by atoms with E-state index in [1.54, 1.807) is 4.90 Å². The van der Waals surface area contributed by atoms with Crippen LogP contribution in [0.1, 0.15) is 57.3 Å². The second kappa shape index (κ2) is 9.31. The third-order valence-corrected chi connectivity index (χ3v) is 4.99. The van der Waals surface area contributed by atoms with E-state index in [2.05, 4.69) is 0 Å². The molecule has 1 fully saturated rings. The van der Waals surface area contributed by atoms with Gasteiger partial charge in [-0.25, -0.2) is 4.79 Å². The first-order valence-corrected chi connectivity index (χ1v) is 10.3. The fourth-order valence-corrected chi connectivity index (χ4v) is 3.58. The van der Waals surface area contributed by atoms with Crippen molar-refractivity contribution in [3.8, 4) is 5.75 Å². The first-order chi connectivity index (χ1) is 13.8. The van der Waals surface area contributed by atoms with Crippen molar-refractivity contribution < 1.29 is 19.4 Å². The molecule has 5 nitrogen and oxygen atoms in total. The van der Waals surface area contributed by atoms with Crippen molar-refractivity contribution in [2.24, 2.45) is 0 Å². The van der Waals surface area contributed by atoms with Gasteiger partial charge in [0.15, 0.2) is 0 Å². The second-order valence-electron chi connectivity index (χ2n) is 8.53. The molecule has 0 unspecified atom stereocenters. The molecule has 0 saturated carbocycles. The minimum Gasteiger partial charge on any atom is -0.489 e. The summed E-state index contributed by atoms with van der Waals surface area (Å²) in [6.07, 6.45) is 1.49. The van der Waals surface area contributed by atoms with Gasteiger partial charge in [0.25, 0.3) is 0 Å². The summed E-state index contributed by atoms with van der Waals surface area (Å²) < 4.78 is 11.4. The number of likely N-dealkylation sites (tertiary alicyclic amines) is 1. The van der Waals surface area contributed by atoms with E-state index in [0.29, 0.717) is 18.9 Å². The molecule has 3 rings (SSSR count). The normalized spacial score (nSPS) is 18.2. The Labute approximate surface area is 173 Å². The lowest BCUT2D eigenvalue weighted by atomic mass is 9.93. The third kappa shape index (κ3) is 5.97. The monoisotopic (exact) mass is 397 g/mol. The van der Waals surface area contributed by atoms with Crippen LogP contribution in [0.4, 0.5) is 4.79 Å². The summed E-state index contributed by atoms with van der Waals surface area (Å²) in [4.78, 5) is 14.3. The molecule has 2 aromatic rings. The van der Waals surface area contributed by atoms with E-state index in [9.17, 15) is 9.90 Å². The summed E-state index contributed by atoms with van der Waals surface area (Å²) in [5.74, 6) is 0.699. The molecule has 0 radical (unpaired) electrons. The maximum atomic E-state index is 12.7. The molecular formula is C24H31NO4. The number of rotatable bonds is 5. The number of nitrogens with zero attached hydrogens (tertiary/aromatic N) is 1. The van der Waals surface area contributed by atoms with Gasteiger partial charge in [-0.2, -0.15) is 0 Å². The van der Waals surface area contributed by atoms with Crippen LogP contribution < -0.4 is 4.74 Å². The van der Waals surface area contributed by atoms with Crippen molar-refractivity contribution in [1.82, 2.24) is 4.90 Å². The van der Waals surface area contributed by atoms with Gasteiger partial charge < -0.3 is 19.5 Å².